The van der Waals surface area contributed by atoms with Crippen LogP contribution in [0.4, 0.5) is 0 Å². The van der Waals surface area contributed by atoms with Crippen LogP contribution in [-0.2, 0) is 38.0 Å². The van der Waals surface area contributed by atoms with Gasteiger partial charge in [-0.2, -0.15) is 0 Å². The van der Waals surface area contributed by atoms with Crippen LogP contribution in [0.2, 0.25) is 0 Å². The minimum atomic E-state index is -0.379. The Morgan fingerprint density at radius 1 is 0.694 bits per heavy atom. The van der Waals surface area contributed by atoms with Crippen LogP contribution in [0.25, 0.3) is 11.1 Å². The van der Waals surface area contributed by atoms with Crippen LogP contribution in [0.1, 0.15) is 34.2 Å². The molecule has 0 N–H and O–H groups in total. The van der Waals surface area contributed by atoms with Gasteiger partial charge >= 0.3 is 26.2 Å². The molecule has 0 nitrogen and oxygen atoms in total. The van der Waals surface area contributed by atoms with E-state index in [1.807, 2.05) is 0 Å². The van der Waals surface area contributed by atoms with Gasteiger partial charge in [0.2, 0.25) is 0 Å². The summed E-state index contributed by atoms with van der Waals surface area (Å²) in [6, 6.07) is 33.2. The van der Waals surface area contributed by atoms with Crippen LogP contribution < -0.4 is 24.8 Å². The molecular formula is C31H22Br2Cl2Zr. The molecule has 0 bridgehead atoms. The molecule has 0 heterocycles. The van der Waals surface area contributed by atoms with Gasteiger partial charge in [0.25, 0.3) is 0 Å². The average molecular weight is 716 g/mol. The quantitative estimate of drug-likeness (QED) is 0.251. The topological polar surface area (TPSA) is 0 Å². The summed E-state index contributed by atoms with van der Waals surface area (Å²) in [5.74, 6) is 0. The van der Waals surface area contributed by atoms with Gasteiger partial charge in [-0.05, 0) is 75.6 Å². The van der Waals surface area contributed by atoms with Crippen molar-refractivity contribution < 1.29 is 51.0 Å². The number of rotatable bonds is 4. The Hall–Kier alpha value is -1.22. The van der Waals surface area contributed by atoms with Gasteiger partial charge < -0.3 is 24.8 Å². The molecule has 2 aliphatic rings. The molecule has 0 unspecified atom stereocenters. The Morgan fingerprint density at radius 2 is 1.31 bits per heavy atom. The molecule has 5 heteroatoms. The Kier molecular flexibility index (Phi) is 9.86. The van der Waals surface area contributed by atoms with Crippen LogP contribution in [0, 0.1) is 0 Å². The molecule has 178 valence electrons. The molecule has 6 rings (SSSR count). The molecule has 4 aromatic carbocycles. The second kappa shape index (κ2) is 12.1. The SMILES string of the molecule is Brc1ccc2c(c1)Cc1c-2ccc(Br)c1C(C1=CC=CC1)(c1ccccc1)c1ccccc1.[Cl-].[Cl-].[Zr+2]. The summed E-state index contributed by atoms with van der Waals surface area (Å²) in [6.45, 7) is 0. The van der Waals surface area contributed by atoms with Gasteiger partial charge in [0, 0.05) is 8.95 Å². The number of allylic oxidation sites excluding steroid dienone is 4. The maximum Gasteiger partial charge on any atom is 2.00 e. The van der Waals surface area contributed by atoms with Gasteiger partial charge in [0.05, 0.1) is 5.41 Å². The van der Waals surface area contributed by atoms with E-state index in [0.717, 1.165) is 21.8 Å². The van der Waals surface area contributed by atoms with E-state index in [1.54, 1.807) is 0 Å². The zero-order chi connectivity index (χ0) is 22.4. The molecule has 36 heavy (non-hydrogen) atoms. The summed E-state index contributed by atoms with van der Waals surface area (Å²) in [4.78, 5) is 0. The Morgan fingerprint density at radius 3 is 1.89 bits per heavy atom. The van der Waals surface area contributed by atoms with Crippen molar-refractivity contribution in [3.8, 4) is 11.1 Å². The number of benzene rings is 4. The van der Waals surface area contributed by atoms with E-state index in [1.165, 1.54) is 44.5 Å². The summed E-state index contributed by atoms with van der Waals surface area (Å²) in [6.07, 6.45) is 8.68. The largest absolute Gasteiger partial charge is 2.00 e. The summed E-state index contributed by atoms with van der Waals surface area (Å²) in [7, 11) is 0. The standard InChI is InChI=1S/C31H22Br2.2ClH.Zr/c32-25-15-16-26-21(19-25)20-28-27(26)17-18-29(33)30(28)31(24-13-7-8-14-24,22-9-3-1-4-10-22)23-11-5-2-6-12-23;;;/h1-13,15-19H,14,20H2;2*1H;/q;;;+2/p-2. The van der Waals surface area contributed by atoms with Crippen LogP contribution in [0.3, 0.4) is 0 Å². The normalized spacial score (nSPS) is 13.0. The van der Waals surface area contributed by atoms with Gasteiger partial charge in [-0.25, -0.2) is 0 Å². The Balaban J connectivity index is 0.00000120. The van der Waals surface area contributed by atoms with E-state index < -0.39 is 0 Å². The van der Waals surface area contributed by atoms with Crippen molar-refractivity contribution >= 4 is 31.9 Å². The molecule has 0 spiro atoms. The Bertz CT molecular complexity index is 1390. The Labute approximate surface area is 261 Å². The van der Waals surface area contributed by atoms with E-state index in [0.29, 0.717) is 0 Å². The molecule has 0 atom stereocenters. The number of fused-ring (bicyclic) bond motifs is 3. The molecule has 2 aliphatic carbocycles. The molecule has 0 amide bonds. The number of hydrogen-bond donors (Lipinski definition) is 0. The summed E-state index contributed by atoms with van der Waals surface area (Å²) in [5, 5.41) is 0. The van der Waals surface area contributed by atoms with Crippen LogP contribution in [0.5, 0.6) is 0 Å². The average Bonchev–Trinajstić information content (AvgIpc) is 3.50. The first kappa shape index (κ1) is 29.3. The van der Waals surface area contributed by atoms with Gasteiger partial charge in [0.1, 0.15) is 0 Å². The molecule has 0 fully saturated rings. The van der Waals surface area contributed by atoms with Gasteiger partial charge in [-0.1, -0.05) is 123 Å². The molecular weight excluding hydrogens is 694 g/mol. The van der Waals surface area contributed by atoms with Gasteiger partial charge in [-0.3, -0.25) is 0 Å². The number of halogens is 4. The van der Waals surface area contributed by atoms with E-state index in [2.05, 4.69) is 141 Å². The summed E-state index contributed by atoms with van der Waals surface area (Å²) < 4.78 is 2.29. The van der Waals surface area contributed by atoms with Crippen molar-refractivity contribution in [1.82, 2.24) is 0 Å². The maximum atomic E-state index is 4.03. The monoisotopic (exact) mass is 712 g/mol. The van der Waals surface area contributed by atoms with Gasteiger partial charge in [0.15, 0.2) is 0 Å². The first-order chi connectivity index (χ1) is 16.2. The molecule has 0 saturated heterocycles. The molecule has 0 aromatic heterocycles. The van der Waals surface area contributed by atoms with Crippen molar-refractivity contribution in [2.24, 2.45) is 0 Å². The minimum absolute atomic E-state index is 0. The molecule has 0 saturated carbocycles. The summed E-state index contributed by atoms with van der Waals surface area (Å²) >= 11 is 7.71. The minimum Gasteiger partial charge on any atom is -1.00 e. The second-order valence-electron chi connectivity index (χ2n) is 8.73. The summed E-state index contributed by atoms with van der Waals surface area (Å²) in [5.41, 5.74) is 10.5. The van der Waals surface area contributed by atoms with Crippen molar-refractivity contribution in [2.75, 3.05) is 0 Å². The second-order valence-corrected chi connectivity index (χ2v) is 10.5. The molecule has 0 radical (unpaired) electrons. The van der Waals surface area contributed by atoms with E-state index >= 15 is 0 Å². The van der Waals surface area contributed by atoms with Crippen LogP contribution >= 0.6 is 31.9 Å². The first-order valence-electron chi connectivity index (χ1n) is 11.3. The van der Waals surface area contributed by atoms with E-state index in [-0.39, 0.29) is 56.4 Å². The fourth-order valence-electron chi connectivity index (χ4n) is 5.71. The van der Waals surface area contributed by atoms with Crippen molar-refractivity contribution in [1.29, 1.82) is 0 Å². The van der Waals surface area contributed by atoms with Crippen molar-refractivity contribution in [3.63, 3.8) is 0 Å². The predicted molar refractivity (Wildman–Crippen MR) is 145 cm³/mol. The maximum absolute atomic E-state index is 4.03. The van der Waals surface area contributed by atoms with Crippen LogP contribution in [-0.4, -0.2) is 0 Å². The number of hydrogen-bond acceptors (Lipinski definition) is 0. The van der Waals surface area contributed by atoms with E-state index in [4.69, 9.17) is 0 Å². The fraction of sp³-hybridized carbons (Fsp3) is 0.0968. The molecule has 0 aliphatic heterocycles. The smallest absolute Gasteiger partial charge is 1.00 e. The third-order valence-electron chi connectivity index (χ3n) is 7.03. The van der Waals surface area contributed by atoms with Crippen LogP contribution in [0.15, 0.2) is 124 Å². The fourth-order valence-corrected chi connectivity index (χ4v) is 6.79. The third-order valence-corrected chi connectivity index (χ3v) is 8.18. The predicted octanol–water partition coefficient (Wildman–Crippen LogP) is 3.01. The van der Waals surface area contributed by atoms with Crippen molar-refractivity contribution in [2.45, 2.75) is 18.3 Å². The first-order valence-corrected chi connectivity index (χ1v) is 12.9. The molecule has 4 aromatic rings. The third kappa shape index (κ3) is 4.72. The van der Waals surface area contributed by atoms with Gasteiger partial charge in [-0.15, -0.1) is 0 Å². The van der Waals surface area contributed by atoms with Crippen molar-refractivity contribution in [3.05, 3.63) is 152 Å². The zero-order valence-electron chi connectivity index (χ0n) is 19.3. The zero-order valence-corrected chi connectivity index (χ0v) is 26.5. The van der Waals surface area contributed by atoms with E-state index in [9.17, 15) is 0 Å².